The molecule has 9 heteroatoms. The first-order chi connectivity index (χ1) is 25.4. The second kappa shape index (κ2) is 18.2. The van der Waals surface area contributed by atoms with E-state index in [9.17, 15) is 14.4 Å². The molecule has 3 aromatic carbocycles. The van der Waals surface area contributed by atoms with Crippen molar-refractivity contribution in [2.45, 2.75) is 88.3 Å². The van der Waals surface area contributed by atoms with E-state index in [1.54, 1.807) is 12.5 Å². The van der Waals surface area contributed by atoms with E-state index >= 15 is 0 Å². The number of imidazole rings is 1. The summed E-state index contributed by atoms with van der Waals surface area (Å²) in [5.41, 5.74) is 9.10. The van der Waals surface area contributed by atoms with E-state index in [2.05, 4.69) is 25.5 Å². The molecule has 274 valence electrons. The maximum atomic E-state index is 14.3. The number of carbonyl (C=O) groups excluding carboxylic acids is 3. The number of Topliss-reactive ketones (excluding diaryl/α,β-unsaturated/α-hetero) is 1. The average Bonchev–Trinajstić information content (AvgIpc) is 3.68. The molecule has 2 heterocycles. The zero-order valence-electron chi connectivity index (χ0n) is 30.2. The van der Waals surface area contributed by atoms with E-state index in [0.717, 1.165) is 55.1 Å². The molecular weight excluding hydrogens is 649 g/mol. The number of hydrogen-bond donors (Lipinski definition) is 4. The third kappa shape index (κ3) is 9.83. The van der Waals surface area contributed by atoms with Gasteiger partial charge >= 0.3 is 0 Å². The molecule has 4 aromatic rings. The van der Waals surface area contributed by atoms with Crippen LogP contribution in [0.3, 0.4) is 0 Å². The Kier molecular flexibility index (Phi) is 13.0. The van der Waals surface area contributed by atoms with Gasteiger partial charge in [0.2, 0.25) is 11.8 Å². The lowest BCUT2D eigenvalue weighted by atomic mass is 9.67. The molecule has 0 bridgehead atoms. The molecule has 1 saturated carbocycles. The SMILES string of the molecule is NC(CC(=O)C[C@H]1CCCN(CC2CCCCC2)C1)NC(=O)[C@H](Cc1c[nH]cn1)NC(=O)CC(c1ccccc1)(c1ccccc1)c1ccccc1. The molecule has 9 nitrogen and oxygen atoms in total. The number of likely N-dealkylation sites (tertiary alicyclic amines) is 1. The first kappa shape index (κ1) is 37.2. The van der Waals surface area contributed by atoms with E-state index < -0.39 is 23.5 Å². The van der Waals surface area contributed by atoms with Gasteiger partial charge in [-0.05, 0) is 60.8 Å². The van der Waals surface area contributed by atoms with Gasteiger partial charge in [0, 0.05) is 45.0 Å². The maximum Gasteiger partial charge on any atom is 0.244 e. The Morgan fingerprint density at radius 1 is 0.808 bits per heavy atom. The Bertz CT molecular complexity index is 1600. The highest BCUT2D eigenvalue weighted by molar-refractivity contribution is 5.89. The molecule has 5 N–H and O–H groups in total. The molecule has 1 aliphatic carbocycles. The summed E-state index contributed by atoms with van der Waals surface area (Å²) in [6, 6.07) is 29.0. The van der Waals surface area contributed by atoms with Crippen LogP contribution in [0.2, 0.25) is 0 Å². The fourth-order valence-corrected chi connectivity index (χ4v) is 8.48. The quantitative estimate of drug-likeness (QED) is 0.0849. The number of hydrogen-bond acceptors (Lipinski definition) is 6. The lowest BCUT2D eigenvalue weighted by Gasteiger charge is -2.36. The Labute approximate surface area is 308 Å². The van der Waals surface area contributed by atoms with Gasteiger partial charge in [0.15, 0.2) is 0 Å². The van der Waals surface area contributed by atoms with E-state index in [1.165, 1.54) is 32.1 Å². The van der Waals surface area contributed by atoms with Gasteiger partial charge in [0.1, 0.15) is 11.8 Å². The normalized spacial score (nSPS) is 18.3. The van der Waals surface area contributed by atoms with Crippen molar-refractivity contribution in [3.05, 3.63) is 126 Å². The average molecular weight is 703 g/mol. The highest BCUT2D eigenvalue weighted by Gasteiger charge is 2.39. The monoisotopic (exact) mass is 702 g/mol. The van der Waals surface area contributed by atoms with Crippen LogP contribution in [-0.4, -0.2) is 64.3 Å². The largest absolute Gasteiger partial charge is 0.351 e. The van der Waals surface area contributed by atoms with Gasteiger partial charge in [-0.3, -0.25) is 14.4 Å². The van der Waals surface area contributed by atoms with Crippen molar-refractivity contribution in [3.63, 3.8) is 0 Å². The number of amides is 2. The first-order valence-electron chi connectivity index (χ1n) is 19.1. The number of ketones is 1. The second-order valence-corrected chi connectivity index (χ2v) is 14.9. The number of nitrogens with two attached hydrogens (primary N) is 1. The third-order valence-corrected chi connectivity index (χ3v) is 11.0. The molecule has 2 amide bonds. The number of nitrogens with zero attached hydrogens (tertiary/aromatic N) is 2. The minimum Gasteiger partial charge on any atom is -0.351 e. The van der Waals surface area contributed by atoms with Crippen LogP contribution >= 0.6 is 0 Å². The van der Waals surface area contributed by atoms with Gasteiger partial charge in [-0.15, -0.1) is 0 Å². The minimum absolute atomic E-state index is 0.0487. The number of carbonyl (C=O) groups is 3. The highest BCUT2D eigenvalue weighted by Crippen LogP contribution is 2.42. The maximum absolute atomic E-state index is 14.3. The first-order valence-corrected chi connectivity index (χ1v) is 19.1. The summed E-state index contributed by atoms with van der Waals surface area (Å²) in [4.78, 5) is 51.1. The Hall–Kier alpha value is -4.60. The molecule has 1 unspecified atom stereocenters. The predicted octanol–water partition coefficient (Wildman–Crippen LogP) is 5.90. The summed E-state index contributed by atoms with van der Waals surface area (Å²) < 4.78 is 0. The summed E-state index contributed by atoms with van der Waals surface area (Å²) >= 11 is 0. The smallest absolute Gasteiger partial charge is 0.244 e. The lowest BCUT2D eigenvalue weighted by Crippen LogP contribution is -2.54. The summed E-state index contributed by atoms with van der Waals surface area (Å²) in [6.45, 7) is 3.22. The summed E-state index contributed by atoms with van der Waals surface area (Å²) in [5, 5.41) is 5.87. The van der Waals surface area contributed by atoms with Crippen LogP contribution in [0.1, 0.15) is 86.6 Å². The molecule has 0 spiro atoms. The zero-order chi connectivity index (χ0) is 36.2. The van der Waals surface area contributed by atoms with Crippen molar-refractivity contribution in [1.82, 2.24) is 25.5 Å². The van der Waals surface area contributed by atoms with Gasteiger partial charge < -0.3 is 26.3 Å². The molecule has 1 aliphatic heterocycles. The van der Waals surface area contributed by atoms with Gasteiger partial charge in [0.25, 0.3) is 0 Å². The Balaban J connectivity index is 1.12. The topological polar surface area (TPSA) is 133 Å². The number of nitrogens with one attached hydrogen (secondary N) is 3. The van der Waals surface area contributed by atoms with Crippen LogP contribution in [0, 0.1) is 11.8 Å². The molecule has 2 aliphatic rings. The molecule has 52 heavy (non-hydrogen) atoms. The highest BCUT2D eigenvalue weighted by atomic mass is 16.2. The third-order valence-electron chi connectivity index (χ3n) is 11.0. The van der Waals surface area contributed by atoms with Crippen LogP contribution < -0.4 is 16.4 Å². The van der Waals surface area contributed by atoms with E-state index in [4.69, 9.17) is 5.73 Å². The van der Waals surface area contributed by atoms with Gasteiger partial charge in [0.05, 0.1) is 23.6 Å². The second-order valence-electron chi connectivity index (χ2n) is 14.9. The standard InChI is InChI=1S/C43H54N6O3/c44-40(26-38(50)24-33-16-13-23-49(30-33)29-32-14-5-1-6-15-32)48-42(52)39(25-37-28-45-31-46-37)47-41(51)27-43(34-17-7-2-8-18-34,35-19-9-3-10-20-35)36-21-11-4-12-22-36/h2-4,7-12,17-22,28,31-33,39-40H,1,5-6,13-16,23-27,29-30,44H2,(H,45,46)(H,47,51)(H,48,52)/t33-,39+,40?/m1/s1. The molecule has 2 fully saturated rings. The van der Waals surface area contributed by atoms with Gasteiger partial charge in [-0.2, -0.15) is 0 Å². The minimum atomic E-state index is -0.955. The van der Waals surface area contributed by atoms with Crippen molar-refractivity contribution in [2.24, 2.45) is 17.6 Å². The number of aromatic nitrogens is 2. The van der Waals surface area contributed by atoms with Crippen molar-refractivity contribution in [2.75, 3.05) is 19.6 Å². The number of piperidine rings is 1. The summed E-state index contributed by atoms with van der Waals surface area (Å²) in [5.74, 6) is 0.417. The lowest BCUT2D eigenvalue weighted by molar-refractivity contribution is -0.130. The Morgan fingerprint density at radius 2 is 1.40 bits per heavy atom. The molecule has 1 aromatic heterocycles. The Morgan fingerprint density at radius 3 is 1.98 bits per heavy atom. The van der Waals surface area contributed by atoms with Crippen LogP contribution in [-0.2, 0) is 26.2 Å². The zero-order valence-corrected chi connectivity index (χ0v) is 30.2. The van der Waals surface area contributed by atoms with Crippen LogP contribution in [0.25, 0.3) is 0 Å². The van der Waals surface area contributed by atoms with Crippen LogP contribution in [0.5, 0.6) is 0 Å². The van der Waals surface area contributed by atoms with E-state index in [0.29, 0.717) is 18.0 Å². The fraction of sp³-hybridized carbons (Fsp3) is 0.442. The molecule has 0 radical (unpaired) electrons. The van der Waals surface area contributed by atoms with Crippen LogP contribution in [0.4, 0.5) is 0 Å². The van der Waals surface area contributed by atoms with E-state index in [-0.39, 0.29) is 31.0 Å². The van der Waals surface area contributed by atoms with Crippen molar-refractivity contribution >= 4 is 17.6 Å². The van der Waals surface area contributed by atoms with Crippen molar-refractivity contribution < 1.29 is 14.4 Å². The number of aromatic amines is 1. The van der Waals surface area contributed by atoms with Gasteiger partial charge in [-0.25, -0.2) is 4.98 Å². The molecular formula is C43H54N6O3. The van der Waals surface area contributed by atoms with Crippen LogP contribution in [0.15, 0.2) is 104 Å². The molecule has 1 saturated heterocycles. The predicted molar refractivity (Wildman–Crippen MR) is 204 cm³/mol. The van der Waals surface area contributed by atoms with Gasteiger partial charge in [-0.1, -0.05) is 110 Å². The van der Waals surface area contributed by atoms with Crippen molar-refractivity contribution in [1.29, 1.82) is 0 Å². The molecule has 3 atom stereocenters. The van der Waals surface area contributed by atoms with Crippen molar-refractivity contribution in [3.8, 4) is 0 Å². The van der Waals surface area contributed by atoms with E-state index in [1.807, 2.05) is 91.0 Å². The number of rotatable bonds is 16. The fourth-order valence-electron chi connectivity index (χ4n) is 8.48. The molecule has 6 rings (SSSR count). The number of benzene rings is 3. The summed E-state index contributed by atoms with van der Waals surface area (Å²) in [6.07, 6.45) is 12.0. The summed E-state index contributed by atoms with van der Waals surface area (Å²) in [7, 11) is 0. The number of H-pyrrole nitrogens is 1.